The van der Waals surface area contributed by atoms with Crippen LogP contribution in [0.4, 0.5) is 5.82 Å². The molecular weight excluding hydrogens is 240 g/mol. The summed E-state index contributed by atoms with van der Waals surface area (Å²) in [4.78, 5) is 6.63. The van der Waals surface area contributed by atoms with E-state index < -0.39 is 0 Å². The van der Waals surface area contributed by atoms with Crippen molar-refractivity contribution in [2.75, 3.05) is 11.9 Å². The summed E-state index contributed by atoms with van der Waals surface area (Å²) in [5.74, 6) is 0.924. The van der Waals surface area contributed by atoms with E-state index in [2.05, 4.69) is 42.7 Å². The first kappa shape index (κ1) is 15.3. The van der Waals surface area contributed by atoms with Crippen LogP contribution < -0.4 is 10.6 Å². The molecule has 1 rings (SSSR count). The molecule has 3 N–H and O–H groups in total. The van der Waals surface area contributed by atoms with Gasteiger partial charge in [0, 0.05) is 24.3 Å². The van der Waals surface area contributed by atoms with Crippen LogP contribution in [0.5, 0.6) is 0 Å². The number of rotatable bonds is 3. The summed E-state index contributed by atoms with van der Waals surface area (Å²) >= 11 is 0. The van der Waals surface area contributed by atoms with E-state index in [0.29, 0.717) is 11.6 Å². The third-order valence-electron chi connectivity index (χ3n) is 3.54. The number of nitrogens with zero attached hydrogens (tertiary/aromatic N) is 3. The normalized spacial score (nSPS) is 14.3. The highest BCUT2D eigenvalue weighted by molar-refractivity contribution is 5.97. The van der Waals surface area contributed by atoms with Crippen molar-refractivity contribution in [3.63, 3.8) is 0 Å². The molecule has 106 valence electrons. The number of hydrogen-bond acceptors (Lipinski definition) is 4. The molecule has 5 heteroatoms. The number of hydrogen-bond donors (Lipinski definition) is 2. The van der Waals surface area contributed by atoms with Gasteiger partial charge >= 0.3 is 0 Å². The second-order valence-corrected chi connectivity index (χ2v) is 5.99. The maximum absolute atomic E-state index is 8.78. The highest BCUT2D eigenvalue weighted by Crippen LogP contribution is 2.26. The van der Waals surface area contributed by atoms with Gasteiger partial charge < -0.3 is 15.8 Å². The first-order valence-corrected chi connectivity index (χ1v) is 6.36. The lowest BCUT2D eigenvalue weighted by Gasteiger charge is -2.36. The van der Waals surface area contributed by atoms with Gasteiger partial charge in [-0.15, -0.1) is 0 Å². The molecule has 19 heavy (non-hydrogen) atoms. The molecule has 1 heterocycles. The second kappa shape index (κ2) is 5.47. The molecule has 0 aliphatic heterocycles. The minimum Gasteiger partial charge on any atom is -0.409 e. The van der Waals surface area contributed by atoms with E-state index in [1.165, 1.54) is 0 Å². The maximum Gasteiger partial charge on any atom is 0.170 e. The molecule has 1 aromatic rings. The zero-order valence-corrected chi connectivity index (χ0v) is 12.6. The van der Waals surface area contributed by atoms with Gasteiger partial charge in [0.1, 0.15) is 5.82 Å². The molecule has 0 saturated carbocycles. The molecule has 0 fully saturated rings. The van der Waals surface area contributed by atoms with Crippen LogP contribution in [0.1, 0.15) is 39.0 Å². The van der Waals surface area contributed by atoms with Gasteiger partial charge in [-0.1, -0.05) is 25.9 Å². The predicted molar refractivity (Wildman–Crippen MR) is 78.8 cm³/mol. The third-order valence-corrected chi connectivity index (χ3v) is 3.54. The molecule has 0 amide bonds. The highest BCUT2D eigenvalue weighted by Gasteiger charge is 2.25. The van der Waals surface area contributed by atoms with Crippen molar-refractivity contribution in [1.82, 2.24) is 4.98 Å². The fourth-order valence-corrected chi connectivity index (χ4v) is 1.82. The van der Waals surface area contributed by atoms with Crippen LogP contribution in [0.15, 0.2) is 17.3 Å². The Morgan fingerprint density at radius 2 is 2.00 bits per heavy atom. The Morgan fingerprint density at radius 1 is 1.42 bits per heavy atom. The Balaban J connectivity index is 3.17. The summed E-state index contributed by atoms with van der Waals surface area (Å²) in [5, 5.41) is 11.8. The molecule has 1 aromatic heterocycles. The van der Waals surface area contributed by atoms with Crippen molar-refractivity contribution in [2.24, 2.45) is 16.3 Å². The van der Waals surface area contributed by atoms with E-state index in [1.807, 2.05) is 20.0 Å². The molecule has 0 bridgehead atoms. The first-order valence-electron chi connectivity index (χ1n) is 6.36. The zero-order valence-electron chi connectivity index (χ0n) is 12.6. The number of aromatic nitrogens is 1. The number of amidine groups is 1. The van der Waals surface area contributed by atoms with Gasteiger partial charge in [-0.05, 0) is 31.4 Å². The molecule has 0 radical (unpaired) electrons. The van der Waals surface area contributed by atoms with Crippen molar-refractivity contribution in [3.8, 4) is 0 Å². The Kier molecular flexibility index (Phi) is 4.39. The summed E-state index contributed by atoms with van der Waals surface area (Å²) in [6, 6.07) is 3.94. The number of pyridine rings is 1. The van der Waals surface area contributed by atoms with Crippen LogP contribution >= 0.6 is 0 Å². The fraction of sp³-hybridized carbons (Fsp3) is 0.571. The van der Waals surface area contributed by atoms with E-state index in [-0.39, 0.29) is 11.3 Å². The minimum atomic E-state index is 0.101. The quantitative estimate of drug-likeness (QED) is 0.380. The lowest BCUT2D eigenvalue weighted by molar-refractivity contribution is 0.318. The van der Waals surface area contributed by atoms with Crippen LogP contribution in [0.3, 0.4) is 0 Å². The van der Waals surface area contributed by atoms with Gasteiger partial charge in [0.25, 0.3) is 0 Å². The molecular formula is C14H24N4O. The van der Waals surface area contributed by atoms with Crippen molar-refractivity contribution >= 4 is 11.7 Å². The smallest absolute Gasteiger partial charge is 0.170 e. The van der Waals surface area contributed by atoms with Gasteiger partial charge in [0.2, 0.25) is 0 Å². The number of anilines is 1. The first-order chi connectivity index (χ1) is 8.66. The number of oxime groups is 1. The fourth-order valence-electron chi connectivity index (χ4n) is 1.82. The maximum atomic E-state index is 8.78. The zero-order chi connectivity index (χ0) is 14.8. The van der Waals surface area contributed by atoms with Crippen molar-refractivity contribution in [3.05, 3.63) is 23.4 Å². The summed E-state index contributed by atoms with van der Waals surface area (Å²) in [6.45, 7) is 10.6. The predicted octanol–water partition coefficient (Wildman–Crippen LogP) is 2.36. The van der Waals surface area contributed by atoms with Crippen LogP contribution in [-0.4, -0.2) is 29.1 Å². The summed E-state index contributed by atoms with van der Waals surface area (Å²) in [6.07, 6.45) is 0. The van der Waals surface area contributed by atoms with Crippen LogP contribution in [0.2, 0.25) is 0 Å². The average molecular weight is 264 g/mol. The van der Waals surface area contributed by atoms with Gasteiger partial charge in [0.15, 0.2) is 5.84 Å². The molecule has 0 aromatic carbocycles. The SMILES string of the molecule is Cc1cc(/C(N)=N/O)cc(N(C)C(C)C(C)(C)C)n1. The molecule has 0 saturated heterocycles. The summed E-state index contributed by atoms with van der Waals surface area (Å²) < 4.78 is 0. The topological polar surface area (TPSA) is 74.7 Å². The Hall–Kier alpha value is -1.78. The van der Waals surface area contributed by atoms with Crippen LogP contribution in [-0.2, 0) is 0 Å². The summed E-state index contributed by atoms with van der Waals surface area (Å²) in [7, 11) is 2.01. The van der Waals surface area contributed by atoms with E-state index in [1.54, 1.807) is 6.07 Å². The number of aryl methyl sites for hydroxylation is 1. The Morgan fingerprint density at radius 3 is 2.47 bits per heavy atom. The van der Waals surface area contributed by atoms with Crippen LogP contribution in [0.25, 0.3) is 0 Å². The second-order valence-electron chi connectivity index (χ2n) is 5.99. The summed E-state index contributed by atoms with van der Waals surface area (Å²) in [5.41, 5.74) is 7.30. The van der Waals surface area contributed by atoms with Crippen molar-refractivity contribution in [2.45, 2.75) is 40.7 Å². The van der Waals surface area contributed by atoms with E-state index in [0.717, 1.165) is 11.5 Å². The van der Waals surface area contributed by atoms with E-state index in [9.17, 15) is 0 Å². The molecule has 1 unspecified atom stereocenters. The monoisotopic (exact) mass is 264 g/mol. The Labute approximate surface area is 115 Å². The number of nitrogens with two attached hydrogens (primary N) is 1. The average Bonchev–Trinajstić information content (AvgIpc) is 2.34. The van der Waals surface area contributed by atoms with Gasteiger partial charge in [0.05, 0.1) is 0 Å². The van der Waals surface area contributed by atoms with Crippen molar-refractivity contribution in [1.29, 1.82) is 0 Å². The third kappa shape index (κ3) is 3.59. The molecule has 0 aliphatic rings. The lowest BCUT2D eigenvalue weighted by atomic mass is 9.87. The minimum absolute atomic E-state index is 0.101. The van der Waals surface area contributed by atoms with E-state index in [4.69, 9.17) is 10.9 Å². The Bertz CT molecular complexity index is 477. The largest absolute Gasteiger partial charge is 0.409 e. The van der Waals surface area contributed by atoms with Gasteiger partial charge in [-0.25, -0.2) is 4.98 Å². The van der Waals surface area contributed by atoms with Crippen molar-refractivity contribution < 1.29 is 5.21 Å². The van der Waals surface area contributed by atoms with Gasteiger partial charge in [-0.3, -0.25) is 0 Å². The lowest BCUT2D eigenvalue weighted by Crippen LogP contribution is -2.40. The van der Waals surface area contributed by atoms with E-state index >= 15 is 0 Å². The molecule has 1 atom stereocenters. The molecule has 5 nitrogen and oxygen atoms in total. The molecule has 0 aliphatic carbocycles. The van der Waals surface area contributed by atoms with Crippen LogP contribution in [0, 0.1) is 12.3 Å². The highest BCUT2D eigenvalue weighted by atomic mass is 16.4. The van der Waals surface area contributed by atoms with Gasteiger partial charge in [-0.2, -0.15) is 0 Å². The standard InChI is InChI=1S/C14H24N4O/c1-9-7-11(13(15)17-19)8-12(16-9)18(6)10(2)14(3,4)5/h7-8,10,19H,1-6H3,(H2,15,17). The molecule has 0 spiro atoms.